The zero-order chi connectivity index (χ0) is 21.0. The summed E-state index contributed by atoms with van der Waals surface area (Å²) in [6.45, 7) is 6.12. The number of amides is 2. The van der Waals surface area contributed by atoms with Crippen LogP contribution in [0.1, 0.15) is 62.7 Å². The van der Waals surface area contributed by atoms with Crippen LogP contribution in [0.5, 0.6) is 0 Å². The molecule has 0 spiro atoms. The van der Waals surface area contributed by atoms with Crippen molar-refractivity contribution in [3.63, 3.8) is 0 Å². The summed E-state index contributed by atoms with van der Waals surface area (Å²) in [5.41, 5.74) is 0.457. The quantitative estimate of drug-likeness (QED) is 0.735. The van der Waals surface area contributed by atoms with Crippen molar-refractivity contribution in [2.75, 3.05) is 26.2 Å². The van der Waals surface area contributed by atoms with E-state index in [4.69, 9.17) is 0 Å². The highest BCUT2D eigenvalue weighted by Gasteiger charge is 2.33. The van der Waals surface area contributed by atoms with Gasteiger partial charge in [0.25, 0.3) is 15.9 Å². The molecule has 1 atom stereocenters. The molecule has 0 unspecified atom stereocenters. The molecule has 0 radical (unpaired) electrons. The Kier molecular flexibility index (Phi) is 7.34. The molecule has 3 rings (SSSR count). The summed E-state index contributed by atoms with van der Waals surface area (Å²) in [7, 11) is -3.63. The van der Waals surface area contributed by atoms with Gasteiger partial charge in [-0.1, -0.05) is 6.92 Å². The second-order valence-electron chi connectivity index (χ2n) is 8.00. The van der Waals surface area contributed by atoms with Gasteiger partial charge in [0.2, 0.25) is 5.91 Å². The SMILES string of the molecule is CC[C@@H](C)NC(=O)C1CCN(S(=O)(=O)c2cc(C(=O)N3CCCCC3)cs2)CC1. The molecule has 0 aliphatic carbocycles. The van der Waals surface area contributed by atoms with Crippen LogP contribution in [0.3, 0.4) is 0 Å². The van der Waals surface area contributed by atoms with E-state index in [9.17, 15) is 18.0 Å². The van der Waals surface area contributed by atoms with Crippen molar-refractivity contribution in [3.8, 4) is 0 Å². The molecule has 2 aliphatic heterocycles. The van der Waals surface area contributed by atoms with Crippen molar-refractivity contribution >= 4 is 33.2 Å². The van der Waals surface area contributed by atoms with Crippen LogP contribution in [0.15, 0.2) is 15.7 Å². The van der Waals surface area contributed by atoms with Crippen molar-refractivity contribution in [1.29, 1.82) is 0 Å². The molecule has 2 amide bonds. The number of rotatable bonds is 6. The van der Waals surface area contributed by atoms with E-state index in [2.05, 4.69) is 5.32 Å². The van der Waals surface area contributed by atoms with Crippen molar-refractivity contribution < 1.29 is 18.0 Å². The average Bonchev–Trinajstić information content (AvgIpc) is 3.25. The molecule has 7 nitrogen and oxygen atoms in total. The highest BCUT2D eigenvalue weighted by atomic mass is 32.2. The highest BCUT2D eigenvalue weighted by Crippen LogP contribution is 2.29. The summed E-state index contributed by atoms with van der Waals surface area (Å²) in [4.78, 5) is 26.7. The van der Waals surface area contributed by atoms with Gasteiger partial charge in [0.15, 0.2) is 0 Å². The molecule has 2 fully saturated rings. The number of hydrogen-bond acceptors (Lipinski definition) is 5. The van der Waals surface area contributed by atoms with Crippen LogP contribution in [-0.2, 0) is 14.8 Å². The molecule has 1 aromatic rings. The first-order valence-corrected chi connectivity index (χ1v) is 12.8. The van der Waals surface area contributed by atoms with Crippen LogP contribution in [0.2, 0.25) is 0 Å². The minimum Gasteiger partial charge on any atom is -0.353 e. The number of carbonyl (C=O) groups is 2. The minimum atomic E-state index is -3.63. The predicted octanol–water partition coefficient (Wildman–Crippen LogP) is 2.69. The molecule has 29 heavy (non-hydrogen) atoms. The molecule has 0 bridgehead atoms. The lowest BCUT2D eigenvalue weighted by Gasteiger charge is -2.30. The molecule has 0 saturated carbocycles. The van der Waals surface area contributed by atoms with Gasteiger partial charge in [-0.15, -0.1) is 11.3 Å². The van der Waals surface area contributed by atoms with Crippen LogP contribution in [0.25, 0.3) is 0 Å². The summed E-state index contributed by atoms with van der Waals surface area (Å²) in [6.07, 6.45) is 5.05. The fourth-order valence-electron chi connectivity index (χ4n) is 3.79. The number of piperidine rings is 2. The Labute approximate surface area is 177 Å². The Bertz CT molecular complexity index is 823. The predicted molar refractivity (Wildman–Crippen MR) is 113 cm³/mol. The average molecular weight is 442 g/mol. The van der Waals surface area contributed by atoms with E-state index in [-0.39, 0.29) is 28.0 Å². The molecule has 1 aromatic heterocycles. The lowest BCUT2D eigenvalue weighted by atomic mass is 9.97. The summed E-state index contributed by atoms with van der Waals surface area (Å²) >= 11 is 1.10. The van der Waals surface area contributed by atoms with E-state index in [1.54, 1.807) is 5.38 Å². The summed E-state index contributed by atoms with van der Waals surface area (Å²) in [6, 6.07) is 1.64. The standard InChI is InChI=1S/C20H31N3O4S2/c1-3-15(2)21-19(24)16-7-11-23(12-8-16)29(26,27)18-13-17(14-28-18)20(25)22-9-5-4-6-10-22/h13-16H,3-12H2,1-2H3,(H,21,24)/t15-/m1/s1. The van der Waals surface area contributed by atoms with Gasteiger partial charge >= 0.3 is 0 Å². The number of carbonyl (C=O) groups excluding carboxylic acids is 2. The molecule has 9 heteroatoms. The molecule has 2 saturated heterocycles. The van der Waals surface area contributed by atoms with E-state index in [1.807, 2.05) is 18.7 Å². The Balaban J connectivity index is 1.61. The second-order valence-corrected chi connectivity index (χ2v) is 11.1. The zero-order valence-corrected chi connectivity index (χ0v) is 18.9. The zero-order valence-electron chi connectivity index (χ0n) is 17.2. The van der Waals surface area contributed by atoms with Crippen molar-refractivity contribution in [1.82, 2.24) is 14.5 Å². The molecule has 162 valence electrons. The molecule has 0 aromatic carbocycles. The number of sulfonamides is 1. The lowest BCUT2D eigenvalue weighted by molar-refractivity contribution is -0.126. The van der Waals surface area contributed by atoms with Gasteiger partial charge in [-0.3, -0.25) is 9.59 Å². The first kappa shape index (κ1) is 22.2. The largest absolute Gasteiger partial charge is 0.353 e. The lowest BCUT2D eigenvalue weighted by Crippen LogP contribution is -2.44. The van der Waals surface area contributed by atoms with Crippen molar-refractivity contribution in [3.05, 3.63) is 17.0 Å². The van der Waals surface area contributed by atoms with E-state index in [0.29, 0.717) is 31.5 Å². The Morgan fingerprint density at radius 1 is 1.17 bits per heavy atom. The minimum absolute atomic E-state index is 0.0157. The fourth-order valence-corrected chi connectivity index (χ4v) is 6.57. The number of thiophene rings is 1. The Morgan fingerprint density at radius 3 is 2.45 bits per heavy atom. The maximum absolute atomic E-state index is 13.0. The normalized spacial score (nSPS) is 20.4. The van der Waals surface area contributed by atoms with Crippen molar-refractivity contribution in [2.45, 2.75) is 62.6 Å². The number of likely N-dealkylation sites (tertiary alicyclic amines) is 1. The monoisotopic (exact) mass is 441 g/mol. The number of nitrogens with zero attached hydrogens (tertiary/aromatic N) is 2. The third-order valence-electron chi connectivity index (χ3n) is 5.89. The summed E-state index contributed by atoms with van der Waals surface area (Å²) in [5, 5.41) is 4.63. The Morgan fingerprint density at radius 2 is 1.83 bits per heavy atom. The molecule has 3 heterocycles. The van der Waals surface area contributed by atoms with Crippen molar-refractivity contribution in [2.24, 2.45) is 5.92 Å². The van der Waals surface area contributed by atoms with E-state index >= 15 is 0 Å². The van der Waals surface area contributed by atoms with E-state index < -0.39 is 10.0 Å². The van der Waals surface area contributed by atoms with Gasteiger partial charge in [0, 0.05) is 43.5 Å². The maximum atomic E-state index is 13.0. The molecular weight excluding hydrogens is 410 g/mol. The van der Waals surface area contributed by atoms with Gasteiger partial charge in [0.05, 0.1) is 5.56 Å². The van der Waals surface area contributed by atoms with Crippen LogP contribution >= 0.6 is 11.3 Å². The van der Waals surface area contributed by atoms with E-state index in [0.717, 1.165) is 50.1 Å². The first-order chi connectivity index (χ1) is 13.8. The van der Waals surface area contributed by atoms with Gasteiger partial charge in [0.1, 0.15) is 4.21 Å². The summed E-state index contributed by atoms with van der Waals surface area (Å²) < 4.78 is 27.7. The topological polar surface area (TPSA) is 86.8 Å². The number of nitrogens with one attached hydrogen (secondary N) is 1. The van der Waals surface area contributed by atoms with Crippen LogP contribution in [0.4, 0.5) is 0 Å². The van der Waals surface area contributed by atoms with Gasteiger partial charge in [-0.05, 0) is 51.5 Å². The maximum Gasteiger partial charge on any atom is 0.254 e. The van der Waals surface area contributed by atoms with Gasteiger partial charge in [-0.2, -0.15) is 4.31 Å². The molecule has 1 N–H and O–H groups in total. The molecular formula is C20H31N3O4S2. The smallest absolute Gasteiger partial charge is 0.254 e. The third kappa shape index (κ3) is 5.19. The molecule has 2 aliphatic rings. The Hall–Kier alpha value is -1.45. The van der Waals surface area contributed by atoms with Gasteiger partial charge in [-0.25, -0.2) is 8.42 Å². The van der Waals surface area contributed by atoms with E-state index in [1.165, 1.54) is 10.4 Å². The van der Waals surface area contributed by atoms with Crippen LogP contribution in [0, 0.1) is 5.92 Å². The van der Waals surface area contributed by atoms with Gasteiger partial charge < -0.3 is 10.2 Å². The van der Waals surface area contributed by atoms with Crippen LogP contribution < -0.4 is 5.32 Å². The third-order valence-corrected chi connectivity index (χ3v) is 9.20. The summed E-state index contributed by atoms with van der Waals surface area (Å²) in [5.74, 6) is -0.209. The van der Waals surface area contributed by atoms with Crippen LogP contribution in [-0.4, -0.2) is 61.7 Å². The number of hydrogen-bond donors (Lipinski definition) is 1. The highest BCUT2D eigenvalue weighted by molar-refractivity contribution is 7.91. The first-order valence-electron chi connectivity index (χ1n) is 10.5. The second kappa shape index (κ2) is 9.57. The fraction of sp³-hybridized carbons (Fsp3) is 0.700.